The van der Waals surface area contributed by atoms with Crippen LogP contribution in [-0.2, 0) is 0 Å². The third kappa shape index (κ3) is 7.93. The Morgan fingerprint density at radius 3 is 1.88 bits per heavy atom. The number of nitrogens with zero attached hydrogens (tertiary/aromatic N) is 2. The number of hydrogen-bond donors (Lipinski definition) is 0. The molecule has 0 spiro atoms. The van der Waals surface area contributed by atoms with Gasteiger partial charge in [-0.2, -0.15) is 0 Å². The van der Waals surface area contributed by atoms with Crippen LogP contribution in [0.1, 0.15) is 18.9 Å². The lowest BCUT2D eigenvalue weighted by molar-refractivity contribution is 1.19. The minimum Gasteiger partial charge on any atom is -0.311 e. The van der Waals surface area contributed by atoms with E-state index in [1.807, 2.05) is 0 Å². The van der Waals surface area contributed by atoms with Crippen LogP contribution in [0.3, 0.4) is 0 Å². The molecule has 1 aliphatic carbocycles. The van der Waals surface area contributed by atoms with Crippen molar-refractivity contribution in [1.82, 2.24) is 4.57 Å². The van der Waals surface area contributed by atoms with Gasteiger partial charge in [-0.15, -0.1) is 0 Å². The van der Waals surface area contributed by atoms with E-state index in [1.165, 1.54) is 66.0 Å². The van der Waals surface area contributed by atoms with Gasteiger partial charge in [0.25, 0.3) is 0 Å². The highest BCUT2D eigenvalue weighted by Crippen LogP contribution is 2.44. The standard InChI is InChI=1S/C66H50N2/c1-3-53(42-39-47(2)57-32-14-7-15-33-58(57)48-23-8-4-9-24-48)67(55-43-40-50(41-44-55)60-35-19-18-34-59(60)49-25-10-5-11-26-49)56-31-22-28-51(45-56)63-46-52-27-16-17-36-61(52)66-65(63)62-37-20-21-38-64(62)68(66)54-29-12-6-13-30-54/h3-14,16-46H,2,15H2,1H3/b42-39-,53-3+. The van der Waals surface area contributed by atoms with Crippen molar-refractivity contribution in [2.45, 2.75) is 13.3 Å². The first-order valence-electron chi connectivity index (χ1n) is 23.5. The van der Waals surface area contributed by atoms with E-state index < -0.39 is 0 Å². The average Bonchev–Trinajstić information content (AvgIpc) is 3.56. The average molecular weight is 871 g/mol. The Balaban J connectivity index is 1.06. The first-order chi connectivity index (χ1) is 33.6. The van der Waals surface area contributed by atoms with Crippen molar-refractivity contribution >= 4 is 49.5 Å². The summed E-state index contributed by atoms with van der Waals surface area (Å²) in [7, 11) is 0. The van der Waals surface area contributed by atoms with Gasteiger partial charge in [0.05, 0.1) is 11.0 Å². The van der Waals surface area contributed by atoms with E-state index in [4.69, 9.17) is 0 Å². The van der Waals surface area contributed by atoms with Crippen LogP contribution in [0, 0.1) is 0 Å². The maximum atomic E-state index is 4.66. The van der Waals surface area contributed by atoms with Gasteiger partial charge in [-0.05, 0) is 129 Å². The van der Waals surface area contributed by atoms with Crippen LogP contribution < -0.4 is 4.90 Å². The first kappa shape index (κ1) is 41.9. The second kappa shape index (κ2) is 18.6. The molecule has 0 unspecified atom stereocenters. The fraction of sp³-hybridized carbons (Fsp3) is 0.0303. The van der Waals surface area contributed by atoms with Gasteiger partial charge in [-0.25, -0.2) is 0 Å². The van der Waals surface area contributed by atoms with E-state index in [0.717, 1.165) is 51.5 Å². The third-order valence-corrected chi connectivity index (χ3v) is 13.1. The van der Waals surface area contributed by atoms with Crippen molar-refractivity contribution in [3.63, 3.8) is 0 Å². The Morgan fingerprint density at radius 1 is 0.529 bits per heavy atom. The lowest BCUT2D eigenvalue weighted by atomic mass is 9.92. The van der Waals surface area contributed by atoms with Crippen molar-refractivity contribution < 1.29 is 0 Å². The van der Waals surface area contributed by atoms with E-state index >= 15 is 0 Å². The van der Waals surface area contributed by atoms with Crippen LogP contribution in [0.4, 0.5) is 11.4 Å². The van der Waals surface area contributed by atoms with Crippen LogP contribution in [0.25, 0.3) is 77.2 Å². The maximum absolute atomic E-state index is 4.66. The smallest absolute Gasteiger partial charge is 0.0625 e. The van der Waals surface area contributed by atoms with Crippen LogP contribution in [0.2, 0.25) is 0 Å². The third-order valence-electron chi connectivity index (χ3n) is 13.1. The highest BCUT2D eigenvalue weighted by Gasteiger charge is 2.21. The molecule has 10 aromatic rings. The zero-order chi connectivity index (χ0) is 45.8. The van der Waals surface area contributed by atoms with E-state index in [-0.39, 0.29) is 0 Å². The van der Waals surface area contributed by atoms with Gasteiger partial charge in [0.1, 0.15) is 0 Å². The fourth-order valence-electron chi connectivity index (χ4n) is 9.94. The second-order valence-corrected chi connectivity index (χ2v) is 17.2. The van der Waals surface area contributed by atoms with Crippen molar-refractivity contribution in [2.75, 3.05) is 4.90 Å². The van der Waals surface area contributed by atoms with Crippen LogP contribution in [0.15, 0.2) is 284 Å². The number of hydrogen-bond acceptors (Lipinski definition) is 1. The summed E-state index contributed by atoms with van der Waals surface area (Å²) in [5, 5.41) is 4.89. The molecule has 1 aliphatic rings. The molecule has 0 saturated heterocycles. The maximum Gasteiger partial charge on any atom is 0.0625 e. The van der Waals surface area contributed by atoms with Gasteiger partial charge in [0.2, 0.25) is 0 Å². The number of para-hydroxylation sites is 2. The number of allylic oxidation sites excluding steroid dienone is 10. The molecule has 2 nitrogen and oxygen atoms in total. The Morgan fingerprint density at radius 2 is 1.15 bits per heavy atom. The van der Waals surface area contributed by atoms with Crippen LogP contribution in [0.5, 0.6) is 0 Å². The predicted molar refractivity (Wildman–Crippen MR) is 291 cm³/mol. The lowest BCUT2D eigenvalue weighted by Crippen LogP contribution is -2.15. The van der Waals surface area contributed by atoms with Crippen LogP contribution >= 0.6 is 0 Å². The number of benzene rings is 9. The summed E-state index contributed by atoms with van der Waals surface area (Å²) in [6, 6.07) is 78.8. The lowest BCUT2D eigenvalue weighted by Gasteiger charge is -2.27. The molecule has 0 fully saturated rings. The fourth-order valence-corrected chi connectivity index (χ4v) is 9.94. The Labute approximate surface area is 399 Å². The van der Waals surface area contributed by atoms with E-state index in [0.29, 0.717) is 0 Å². The van der Waals surface area contributed by atoms with Crippen molar-refractivity contribution in [3.05, 3.63) is 290 Å². The summed E-state index contributed by atoms with van der Waals surface area (Å²) in [6.07, 6.45) is 16.3. The number of rotatable bonds is 11. The van der Waals surface area contributed by atoms with Crippen LogP contribution in [-0.4, -0.2) is 4.57 Å². The monoisotopic (exact) mass is 870 g/mol. The van der Waals surface area contributed by atoms with Gasteiger partial charge < -0.3 is 9.47 Å². The number of anilines is 2. The molecule has 11 rings (SSSR count). The van der Waals surface area contributed by atoms with Gasteiger partial charge in [-0.1, -0.05) is 213 Å². The molecule has 1 heterocycles. The molecule has 0 atom stereocenters. The summed E-state index contributed by atoms with van der Waals surface area (Å²) in [4.78, 5) is 2.38. The van der Waals surface area contributed by atoms with Gasteiger partial charge in [-0.3, -0.25) is 0 Å². The van der Waals surface area contributed by atoms with Gasteiger partial charge >= 0.3 is 0 Å². The van der Waals surface area contributed by atoms with E-state index in [9.17, 15) is 0 Å². The van der Waals surface area contributed by atoms with Gasteiger partial charge in [0.15, 0.2) is 0 Å². The summed E-state index contributed by atoms with van der Waals surface area (Å²) in [5.74, 6) is 0. The molecule has 0 amide bonds. The van der Waals surface area contributed by atoms with E-state index in [1.54, 1.807) is 0 Å². The van der Waals surface area contributed by atoms with Crippen molar-refractivity contribution in [3.8, 4) is 39.1 Å². The predicted octanol–water partition coefficient (Wildman–Crippen LogP) is 18.1. The molecule has 0 N–H and O–H groups in total. The molecule has 0 bridgehead atoms. The summed E-state index contributed by atoms with van der Waals surface area (Å²) in [5.41, 5.74) is 18.2. The molecule has 1 aromatic heterocycles. The quantitative estimate of drug-likeness (QED) is 0.118. The molecule has 9 aromatic carbocycles. The zero-order valence-corrected chi connectivity index (χ0v) is 38.1. The van der Waals surface area contributed by atoms with Crippen molar-refractivity contribution in [1.29, 1.82) is 0 Å². The Hall–Kier alpha value is -8.72. The number of fused-ring (bicyclic) bond motifs is 5. The molecular formula is C66H50N2. The number of aromatic nitrogens is 1. The summed E-state index contributed by atoms with van der Waals surface area (Å²) < 4.78 is 2.44. The topological polar surface area (TPSA) is 8.17 Å². The largest absolute Gasteiger partial charge is 0.311 e. The van der Waals surface area contributed by atoms with Gasteiger partial charge in [0, 0.05) is 38.9 Å². The Kier molecular flexibility index (Phi) is 11.5. The first-order valence-corrected chi connectivity index (χ1v) is 23.5. The SMILES string of the molecule is C=C(/C=C\C(=C/C)N(c1ccc(-c2ccccc2-c2ccccc2)cc1)c1cccc(-c2cc3ccccc3c3c2c2ccccc2n3-c2ccccc2)c1)C1=CC=CCC=C1c1ccccc1. The minimum atomic E-state index is 0.869. The molecule has 324 valence electrons. The second-order valence-electron chi connectivity index (χ2n) is 17.2. The molecule has 0 saturated carbocycles. The Bertz CT molecular complexity index is 3640. The molecular weight excluding hydrogens is 821 g/mol. The summed E-state index contributed by atoms with van der Waals surface area (Å²) >= 11 is 0. The normalized spacial score (nSPS) is 12.9. The molecule has 0 aliphatic heterocycles. The molecule has 0 radical (unpaired) electrons. The molecule has 2 heteroatoms. The molecule has 68 heavy (non-hydrogen) atoms. The highest BCUT2D eigenvalue weighted by molar-refractivity contribution is 6.24. The zero-order valence-electron chi connectivity index (χ0n) is 38.1. The van der Waals surface area contributed by atoms with Crippen molar-refractivity contribution in [2.24, 2.45) is 0 Å². The summed E-state index contributed by atoms with van der Waals surface area (Å²) in [6.45, 7) is 6.79. The van der Waals surface area contributed by atoms with E-state index in [2.05, 4.69) is 284 Å². The minimum absolute atomic E-state index is 0.869. The highest BCUT2D eigenvalue weighted by atomic mass is 15.1.